The monoisotopic (exact) mass is 475 g/mol. The standard InChI is InChI=1S/C24H30FN3O4S/c1-15(2)32-22-12-18(25)5-8-23(22)33(30,31)19-6-3-16(4-7-19)13-27-24(29)21-11-17-14-26-10-9-20(17)28-21/h3-8,12,15,17,20-21,26,28H,9-11,13-14H2,1-2H3,(H,27,29). The molecule has 2 aliphatic heterocycles. The molecule has 3 atom stereocenters. The van der Waals surface area contributed by atoms with Gasteiger partial charge in [0.25, 0.3) is 0 Å². The number of rotatable bonds is 7. The number of sulfone groups is 1. The summed E-state index contributed by atoms with van der Waals surface area (Å²) >= 11 is 0. The van der Waals surface area contributed by atoms with Gasteiger partial charge in [-0.1, -0.05) is 12.1 Å². The number of nitrogens with one attached hydrogen (secondary N) is 3. The summed E-state index contributed by atoms with van der Waals surface area (Å²) < 4.78 is 45.5. The van der Waals surface area contributed by atoms with Crippen molar-refractivity contribution in [3.63, 3.8) is 0 Å². The van der Waals surface area contributed by atoms with E-state index in [-0.39, 0.29) is 33.6 Å². The highest BCUT2D eigenvalue weighted by Gasteiger charge is 2.38. The van der Waals surface area contributed by atoms with Gasteiger partial charge in [-0.25, -0.2) is 12.8 Å². The molecule has 2 aliphatic rings. The van der Waals surface area contributed by atoms with E-state index in [4.69, 9.17) is 4.74 Å². The number of fused-ring (bicyclic) bond motifs is 1. The highest BCUT2D eigenvalue weighted by Crippen LogP contribution is 2.31. The molecule has 9 heteroatoms. The van der Waals surface area contributed by atoms with Crippen molar-refractivity contribution in [3.8, 4) is 5.75 Å². The van der Waals surface area contributed by atoms with Crippen molar-refractivity contribution in [2.45, 2.75) is 61.2 Å². The van der Waals surface area contributed by atoms with Crippen LogP contribution in [0.4, 0.5) is 4.39 Å². The predicted octanol–water partition coefficient (Wildman–Crippen LogP) is 2.40. The average molecular weight is 476 g/mol. The summed E-state index contributed by atoms with van der Waals surface area (Å²) in [7, 11) is -3.90. The molecule has 3 unspecified atom stereocenters. The Morgan fingerprint density at radius 3 is 2.67 bits per heavy atom. The van der Waals surface area contributed by atoms with Gasteiger partial charge in [0.1, 0.15) is 16.5 Å². The fourth-order valence-corrected chi connectivity index (χ4v) is 5.85. The SMILES string of the molecule is CC(C)Oc1cc(F)ccc1S(=O)(=O)c1ccc(CNC(=O)C2CC3CNCCC3N2)cc1. The van der Waals surface area contributed by atoms with E-state index in [1.165, 1.54) is 18.2 Å². The van der Waals surface area contributed by atoms with Gasteiger partial charge in [-0.3, -0.25) is 4.79 Å². The van der Waals surface area contributed by atoms with Crippen molar-refractivity contribution in [2.24, 2.45) is 5.92 Å². The van der Waals surface area contributed by atoms with Crippen LogP contribution < -0.4 is 20.7 Å². The zero-order valence-electron chi connectivity index (χ0n) is 18.8. The molecule has 1 amide bonds. The number of hydrogen-bond donors (Lipinski definition) is 3. The Hall–Kier alpha value is -2.49. The van der Waals surface area contributed by atoms with Gasteiger partial charge >= 0.3 is 0 Å². The van der Waals surface area contributed by atoms with E-state index in [1.54, 1.807) is 26.0 Å². The zero-order chi connectivity index (χ0) is 23.6. The number of ether oxygens (including phenoxy) is 1. The predicted molar refractivity (Wildman–Crippen MR) is 122 cm³/mol. The first-order valence-corrected chi connectivity index (χ1v) is 12.8. The summed E-state index contributed by atoms with van der Waals surface area (Å²) in [6.45, 7) is 5.71. The maximum atomic E-state index is 13.7. The van der Waals surface area contributed by atoms with E-state index in [2.05, 4.69) is 16.0 Å². The van der Waals surface area contributed by atoms with E-state index >= 15 is 0 Å². The lowest BCUT2D eigenvalue weighted by atomic mass is 9.94. The Labute approximate surface area is 194 Å². The molecule has 0 radical (unpaired) electrons. The van der Waals surface area contributed by atoms with Gasteiger partial charge in [-0.15, -0.1) is 0 Å². The highest BCUT2D eigenvalue weighted by molar-refractivity contribution is 7.91. The molecule has 2 saturated heterocycles. The Morgan fingerprint density at radius 1 is 1.21 bits per heavy atom. The van der Waals surface area contributed by atoms with E-state index in [0.29, 0.717) is 18.5 Å². The first-order valence-electron chi connectivity index (χ1n) is 11.3. The number of amides is 1. The van der Waals surface area contributed by atoms with Crippen LogP contribution in [0.1, 0.15) is 32.3 Å². The second kappa shape index (κ2) is 9.79. The molecule has 7 nitrogen and oxygen atoms in total. The molecule has 2 fully saturated rings. The van der Waals surface area contributed by atoms with E-state index in [0.717, 1.165) is 43.6 Å². The summed E-state index contributed by atoms with van der Waals surface area (Å²) in [6, 6.07) is 9.93. The zero-order valence-corrected chi connectivity index (χ0v) is 19.6. The number of hydrogen-bond acceptors (Lipinski definition) is 6. The quantitative estimate of drug-likeness (QED) is 0.532. The number of benzene rings is 2. The molecule has 0 bridgehead atoms. The maximum Gasteiger partial charge on any atom is 0.237 e. The van der Waals surface area contributed by atoms with Crippen molar-refractivity contribution < 1.29 is 22.3 Å². The Morgan fingerprint density at radius 2 is 1.97 bits per heavy atom. The van der Waals surface area contributed by atoms with Crippen LogP contribution in [-0.4, -0.2) is 45.6 Å². The van der Waals surface area contributed by atoms with Crippen LogP contribution in [-0.2, 0) is 21.2 Å². The van der Waals surface area contributed by atoms with Gasteiger partial charge in [-0.05, 0) is 75.5 Å². The van der Waals surface area contributed by atoms with E-state index < -0.39 is 15.7 Å². The summed E-state index contributed by atoms with van der Waals surface area (Å²) in [5, 5.41) is 9.74. The van der Waals surface area contributed by atoms with Crippen LogP contribution >= 0.6 is 0 Å². The average Bonchev–Trinajstić information content (AvgIpc) is 3.22. The van der Waals surface area contributed by atoms with Gasteiger partial charge in [0, 0.05) is 18.7 Å². The normalized spacial score (nSPS) is 22.7. The topological polar surface area (TPSA) is 96.5 Å². The molecule has 0 spiro atoms. The Kier molecular flexibility index (Phi) is 7.02. The maximum absolute atomic E-state index is 13.7. The highest BCUT2D eigenvalue weighted by atomic mass is 32.2. The first-order chi connectivity index (χ1) is 15.7. The number of carbonyl (C=O) groups is 1. The third-order valence-corrected chi connectivity index (χ3v) is 7.95. The molecule has 2 aromatic rings. The van der Waals surface area contributed by atoms with E-state index in [1.807, 2.05) is 0 Å². The smallest absolute Gasteiger partial charge is 0.237 e. The summed E-state index contributed by atoms with van der Waals surface area (Å²) in [5.41, 5.74) is 0.789. The van der Waals surface area contributed by atoms with Crippen molar-refractivity contribution >= 4 is 15.7 Å². The van der Waals surface area contributed by atoms with Crippen LogP contribution in [0.3, 0.4) is 0 Å². The van der Waals surface area contributed by atoms with Crippen LogP contribution in [0.5, 0.6) is 5.75 Å². The second-order valence-corrected chi connectivity index (χ2v) is 10.9. The lowest BCUT2D eigenvalue weighted by Crippen LogP contribution is -2.45. The fraction of sp³-hybridized carbons (Fsp3) is 0.458. The lowest BCUT2D eigenvalue weighted by molar-refractivity contribution is -0.123. The van der Waals surface area contributed by atoms with Crippen LogP contribution in [0.15, 0.2) is 52.3 Å². The molecule has 0 saturated carbocycles. The number of halogens is 1. The Bertz CT molecular complexity index is 1090. The third kappa shape index (κ3) is 5.37. The summed E-state index contributed by atoms with van der Waals surface area (Å²) in [6.07, 6.45) is 1.54. The van der Waals surface area contributed by atoms with Crippen LogP contribution in [0, 0.1) is 11.7 Å². The fourth-order valence-electron chi connectivity index (χ4n) is 4.48. The van der Waals surface area contributed by atoms with Crippen molar-refractivity contribution in [2.75, 3.05) is 13.1 Å². The van der Waals surface area contributed by atoms with E-state index in [9.17, 15) is 17.6 Å². The molecule has 2 heterocycles. The molecule has 3 N–H and O–H groups in total. The number of piperidine rings is 1. The van der Waals surface area contributed by atoms with Gasteiger partial charge in [0.2, 0.25) is 15.7 Å². The molecule has 33 heavy (non-hydrogen) atoms. The minimum Gasteiger partial charge on any atom is -0.490 e. The molecule has 4 rings (SSSR count). The molecule has 2 aromatic carbocycles. The van der Waals surface area contributed by atoms with Crippen molar-refractivity contribution in [1.29, 1.82) is 0 Å². The summed E-state index contributed by atoms with van der Waals surface area (Å²) in [5.74, 6) is -0.137. The van der Waals surface area contributed by atoms with Gasteiger partial charge < -0.3 is 20.7 Å². The Balaban J connectivity index is 1.41. The molecular formula is C24H30FN3O4S. The van der Waals surface area contributed by atoms with Crippen LogP contribution in [0.2, 0.25) is 0 Å². The minimum atomic E-state index is -3.90. The second-order valence-electron chi connectivity index (χ2n) is 8.94. The third-order valence-electron chi connectivity index (χ3n) is 6.14. The molecule has 0 aromatic heterocycles. The first kappa shape index (κ1) is 23.7. The van der Waals surface area contributed by atoms with Gasteiger partial charge in [0.05, 0.1) is 17.0 Å². The van der Waals surface area contributed by atoms with Crippen LogP contribution in [0.25, 0.3) is 0 Å². The van der Waals surface area contributed by atoms with Gasteiger partial charge in [-0.2, -0.15) is 0 Å². The van der Waals surface area contributed by atoms with Gasteiger partial charge in [0.15, 0.2) is 0 Å². The largest absolute Gasteiger partial charge is 0.490 e. The number of carbonyl (C=O) groups excluding carboxylic acids is 1. The van der Waals surface area contributed by atoms with Crippen molar-refractivity contribution in [3.05, 3.63) is 53.8 Å². The van der Waals surface area contributed by atoms with Crippen molar-refractivity contribution in [1.82, 2.24) is 16.0 Å². The lowest BCUT2D eigenvalue weighted by Gasteiger charge is -2.25. The molecular weight excluding hydrogens is 445 g/mol. The molecule has 178 valence electrons. The minimum absolute atomic E-state index is 0.0128. The molecule has 0 aliphatic carbocycles. The summed E-state index contributed by atoms with van der Waals surface area (Å²) in [4.78, 5) is 12.6.